The highest BCUT2D eigenvalue weighted by atomic mass is 19.3. The number of carbonyl (C=O) groups excluding carboxylic acids is 1. The molecular weight excluding hydrogens is 402 g/mol. The summed E-state index contributed by atoms with van der Waals surface area (Å²) in [5, 5.41) is 8.43. The van der Waals surface area contributed by atoms with Crippen molar-refractivity contribution in [3.63, 3.8) is 0 Å². The van der Waals surface area contributed by atoms with Gasteiger partial charge in [-0.25, -0.2) is 18.3 Å². The zero-order valence-electron chi connectivity index (χ0n) is 17.5. The summed E-state index contributed by atoms with van der Waals surface area (Å²) >= 11 is 0. The Bertz CT molecular complexity index is 1230. The number of fused-ring (bicyclic) bond motifs is 1. The Balaban J connectivity index is 1.73. The predicted octanol–water partition coefficient (Wildman–Crippen LogP) is 4.13. The molecule has 31 heavy (non-hydrogen) atoms. The Hall–Kier alpha value is -3.62. The van der Waals surface area contributed by atoms with Gasteiger partial charge in [0.1, 0.15) is 11.3 Å². The molecule has 0 aliphatic carbocycles. The maximum absolute atomic E-state index is 13.7. The fourth-order valence-corrected chi connectivity index (χ4v) is 3.46. The second-order valence-electron chi connectivity index (χ2n) is 7.28. The number of rotatable bonds is 6. The molecular formula is C22H22F2N6O. The van der Waals surface area contributed by atoms with E-state index in [-0.39, 0.29) is 22.8 Å². The minimum atomic E-state index is -2.77. The fourth-order valence-electron chi connectivity index (χ4n) is 3.46. The molecule has 4 rings (SSSR count). The smallest absolute Gasteiger partial charge is 0.280 e. The van der Waals surface area contributed by atoms with Gasteiger partial charge in [-0.05, 0) is 19.9 Å². The standard InChI is InChI=1S/C22H22F2N6O/c1-4-29-13-16(14(2)27-29)12-28(3)22(31)17-11-25-30-19(20(23)24)10-18(26-21(17)30)15-8-6-5-7-9-15/h5-11,13,20H,4,12H2,1-3H3. The molecule has 1 amide bonds. The van der Waals surface area contributed by atoms with E-state index in [9.17, 15) is 13.6 Å². The van der Waals surface area contributed by atoms with E-state index < -0.39 is 6.43 Å². The quantitative estimate of drug-likeness (QED) is 0.467. The zero-order chi connectivity index (χ0) is 22.1. The van der Waals surface area contributed by atoms with Crippen LogP contribution < -0.4 is 0 Å². The van der Waals surface area contributed by atoms with Gasteiger partial charge in [-0.1, -0.05) is 30.3 Å². The second kappa shape index (κ2) is 8.25. The third-order valence-corrected chi connectivity index (χ3v) is 5.15. The van der Waals surface area contributed by atoms with Crippen molar-refractivity contribution in [3.05, 3.63) is 71.3 Å². The normalized spacial score (nSPS) is 11.4. The number of amides is 1. The Labute approximate surface area is 177 Å². The summed E-state index contributed by atoms with van der Waals surface area (Å²) < 4.78 is 30.3. The molecule has 7 nitrogen and oxygen atoms in total. The Kier molecular flexibility index (Phi) is 5.50. The molecule has 0 saturated heterocycles. The van der Waals surface area contributed by atoms with Gasteiger partial charge in [0.15, 0.2) is 5.65 Å². The van der Waals surface area contributed by atoms with Gasteiger partial charge >= 0.3 is 0 Å². The molecule has 0 bridgehead atoms. The molecule has 1 aromatic carbocycles. The second-order valence-corrected chi connectivity index (χ2v) is 7.28. The summed E-state index contributed by atoms with van der Waals surface area (Å²) in [6.45, 7) is 4.94. The van der Waals surface area contributed by atoms with E-state index in [0.717, 1.165) is 22.3 Å². The lowest BCUT2D eigenvalue weighted by atomic mass is 10.1. The van der Waals surface area contributed by atoms with E-state index >= 15 is 0 Å². The molecule has 0 radical (unpaired) electrons. The lowest BCUT2D eigenvalue weighted by Crippen LogP contribution is -2.26. The van der Waals surface area contributed by atoms with Crippen LogP contribution in [0.25, 0.3) is 16.9 Å². The van der Waals surface area contributed by atoms with Crippen molar-refractivity contribution in [1.29, 1.82) is 0 Å². The van der Waals surface area contributed by atoms with Crippen molar-refractivity contribution in [2.75, 3.05) is 7.05 Å². The highest BCUT2D eigenvalue weighted by Gasteiger charge is 2.24. The van der Waals surface area contributed by atoms with Gasteiger partial charge in [-0.15, -0.1) is 0 Å². The molecule has 0 aliphatic heterocycles. The average Bonchev–Trinajstić information content (AvgIpc) is 3.36. The van der Waals surface area contributed by atoms with Gasteiger partial charge < -0.3 is 4.90 Å². The van der Waals surface area contributed by atoms with E-state index in [0.29, 0.717) is 17.8 Å². The van der Waals surface area contributed by atoms with Gasteiger partial charge in [-0.2, -0.15) is 10.2 Å². The highest BCUT2D eigenvalue weighted by molar-refractivity contribution is 5.99. The fraction of sp³-hybridized carbons (Fsp3) is 0.273. The summed E-state index contributed by atoms with van der Waals surface area (Å²) in [5.74, 6) is -0.350. The maximum Gasteiger partial charge on any atom is 0.280 e. The van der Waals surface area contributed by atoms with E-state index in [1.165, 1.54) is 17.2 Å². The lowest BCUT2D eigenvalue weighted by Gasteiger charge is -2.16. The number of hydrogen-bond donors (Lipinski definition) is 0. The molecule has 0 fully saturated rings. The number of nitrogens with zero attached hydrogens (tertiary/aromatic N) is 6. The van der Waals surface area contributed by atoms with Crippen LogP contribution in [0.15, 0.2) is 48.8 Å². The average molecular weight is 424 g/mol. The molecule has 0 spiro atoms. The molecule has 0 aliphatic rings. The molecule has 0 atom stereocenters. The number of aryl methyl sites for hydroxylation is 2. The van der Waals surface area contributed by atoms with Crippen LogP contribution >= 0.6 is 0 Å². The summed E-state index contributed by atoms with van der Waals surface area (Å²) in [4.78, 5) is 19.2. The van der Waals surface area contributed by atoms with E-state index in [4.69, 9.17) is 0 Å². The first-order valence-electron chi connectivity index (χ1n) is 9.89. The van der Waals surface area contributed by atoms with Crippen LogP contribution in [-0.2, 0) is 13.1 Å². The van der Waals surface area contributed by atoms with Crippen LogP contribution in [0.5, 0.6) is 0 Å². The van der Waals surface area contributed by atoms with Crippen molar-refractivity contribution < 1.29 is 13.6 Å². The van der Waals surface area contributed by atoms with Crippen LogP contribution in [0.1, 0.15) is 40.7 Å². The van der Waals surface area contributed by atoms with Gasteiger partial charge in [0.2, 0.25) is 0 Å². The summed E-state index contributed by atoms with van der Waals surface area (Å²) in [5.41, 5.74) is 2.76. The Morgan fingerprint density at radius 3 is 2.61 bits per heavy atom. The van der Waals surface area contributed by atoms with Gasteiger partial charge in [0.25, 0.3) is 12.3 Å². The Morgan fingerprint density at radius 2 is 1.97 bits per heavy atom. The molecule has 160 valence electrons. The van der Waals surface area contributed by atoms with Crippen LogP contribution in [0, 0.1) is 6.92 Å². The van der Waals surface area contributed by atoms with E-state index in [1.807, 2.05) is 26.1 Å². The first kappa shape index (κ1) is 20.6. The Morgan fingerprint density at radius 1 is 1.23 bits per heavy atom. The molecule has 3 aromatic heterocycles. The molecule has 4 aromatic rings. The molecule has 3 heterocycles. The number of benzene rings is 1. The SMILES string of the molecule is CCn1cc(CN(C)C(=O)c2cnn3c(C(F)F)cc(-c4ccccc4)nc23)c(C)n1. The van der Waals surface area contributed by atoms with E-state index in [1.54, 1.807) is 36.0 Å². The third-order valence-electron chi connectivity index (χ3n) is 5.15. The minimum Gasteiger partial charge on any atom is -0.337 e. The van der Waals surface area contributed by atoms with Crippen molar-refractivity contribution in [3.8, 4) is 11.3 Å². The lowest BCUT2D eigenvalue weighted by molar-refractivity contribution is 0.0786. The van der Waals surface area contributed by atoms with Crippen LogP contribution in [0.3, 0.4) is 0 Å². The van der Waals surface area contributed by atoms with Crippen LogP contribution in [0.4, 0.5) is 8.78 Å². The zero-order valence-corrected chi connectivity index (χ0v) is 17.5. The largest absolute Gasteiger partial charge is 0.337 e. The predicted molar refractivity (Wildman–Crippen MR) is 112 cm³/mol. The molecule has 0 N–H and O–H groups in total. The molecule has 0 unspecified atom stereocenters. The van der Waals surface area contributed by atoms with Gasteiger partial charge in [0, 0.05) is 37.5 Å². The van der Waals surface area contributed by atoms with Gasteiger partial charge in [0.05, 0.1) is 17.6 Å². The van der Waals surface area contributed by atoms with Crippen molar-refractivity contribution in [2.45, 2.75) is 33.4 Å². The van der Waals surface area contributed by atoms with Crippen molar-refractivity contribution in [2.24, 2.45) is 0 Å². The summed E-state index contributed by atoms with van der Waals surface area (Å²) in [6.07, 6.45) is 0.427. The van der Waals surface area contributed by atoms with Crippen LogP contribution in [-0.4, -0.2) is 42.2 Å². The molecule has 0 saturated carbocycles. The topological polar surface area (TPSA) is 68.3 Å². The summed E-state index contributed by atoms with van der Waals surface area (Å²) in [7, 11) is 1.66. The number of aromatic nitrogens is 5. The van der Waals surface area contributed by atoms with Crippen molar-refractivity contribution in [1.82, 2.24) is 29.3 Å². The number of halogens is 2. The van der Waals surface area contributed by atoms with Gasteiger partial charge in [-0.3, -0.25) is 9.48 Å². The first-order chi connectivity index (χ1) is 14.9. The maximum atomic E-state index is 13.7. The molecule has 9 heteroatoms. The number of carbonyl (C=O) groups is 1. The summed E-state index contributed by atoms with van der Waals surface area (Å²) in [6, 6.07) is 10.3. The number of hydrogen-bond acceptors (Lipinski definition) is 4. The van der Waals surface area contributed by atoms with E-state index in [2.05, 4.69) is 15.2 Å². The number of alkyl halides is 2. The highest BCUT2D eigenvalue weighted by Crippen LogP contribution is 2.27. The monoisotopic (exact) mass is 424 g/mol. The third kappa shape index (κ3) is 3.90. The first-order valence-corrected chi connectivity index (χ1v) is 9.89. The van der Waals surface area contributed by atoms with Crippen LogP contribution in [0.2, 0.25) is 0 Å². The minimum absolute atomic E-state index is 0.106. The van der Waals surface area contributed by atoms with Crippen molar-refractivity contribution >= 4 is 11.6 Å².